The van der Waals surface area contributed by atoms with Gasteiger partial charge in [-0.25, -0.2) is 15.0 Å². The first-order valence-electron chi connectivity index (χ1n) is 10.5. The Labute approximate surface area is 183 Å². The van der Waals surface area contributed by atoms with Gasteiger partial charge in [-0.3, -0.25) is 0 Å². The topological polar surface area (TPSA) is 54.3 Å². The van der Waals surface area contributed by atoms with Gasteiger partial charge in [0.05, 0.1) is 17.5 Å². The molecule has 0 N–H and O–H groups in total. The first kappa shape index (κ1) is 21.1. The maximum atomic E-state index is 6.41. The van der Waals surface area contributed by atoms with Crippen LogP contribution < -0.4 is 9.80 Å². The summed E-state index contributed by atoms with van der Waals surface area (Å²) in [5.41, 5.74) is 2.34. The van der Waals surface area contributed by atoms with Gasteiger partial charge < -0.3 is 24.5 Å². The van der Waals surface area contributed by atoms with E-state index in [-0.39, 0.29) is 0 Å². The highest BCUT2D eigenvalue weighted by molar-refractivity contribution is 6.31. The third-order valence-corrected chi connectivity index (χ3v) is 5.93. The highest BCUT2D eigenvalue weighted by atomic mass is 35.5. The van der Waals surface area contributed by atoms with Crippen LogP contribution in [0.15, 0.2) is 17.1 Å². The van der Waals surface area contributed by atoms with Crippen LogP contribution in [0.2, 0.25) is 5.02 Å². The summed E-state index contributed by atoms with van der Waals surface area (Å²) in [5, 5.41) is 0.624. The minimum absolute atomic E-state index is 0.624. The number of anilines is 2. The van der Waals surface area contributed by atoms with Crippen molar-refractivity contribution in [3.8, 4) is 0 Å². The number of hydrogen-bond donors (Lipinski definition) is 0. The summed E-state index contributed by atoms with van der Waals surface area (Å²) in [7, 11) is 8.23. The second kappa shape index (κ2) is 8.91. The molecule has 0 bridgehead atoms. The molecule has 0 unspecified atom stereocenters. The van der Waals surface area contributed by atoms with Crippen molar-refractivity contribution in [1.82, 2.24) is 24.7 Å². The monoisotopic (exact) mass is 430 g/mol. The molecule has 0 spiro atoms. The maximum absolute atomic E-state index is 6.41. The second-order valence-corrected chi connectivity index (χ2v) is 8.89. The van der Waals surface area contributed by atoms with Gasteiger partial charge in [-0.15, -0.1) is 0 Å². The van der Waals surface area contributed by atoms with Crippen LogP contribution >= 0.6 is 11.6 Å². The van der Waals surface area contributed by atoms with Crippen molar-refractivity contribution < 1.29 is 0 Å². The van der Waals surface area contributed by atoms with Gasteiger partial charge >= 0.3 is 0 Å². The fourth-order valence-corrected chi connectivity index (χ4v) is 4.03. The Balaban J connectivity index is 1.82. The van der Waals surface area contributed by atoms with Crippen molar-refractivity contribution in [2.45, 2.75) is 0 Å². The van der Waals surface area contributed by atoms with E-state index in [0.29, 0.717) is 5.02 Å². The number of nitrogens with zero attached hydrogens (tertiary/aromatic N) is 8. The molecule has 1 aromatic carbocycles. The van der Waals surface area contributed by atoms with Gasteiger partial charge in [-0.1, -0.05) is 11.6 Å². The van der Waals surface area contributed by atoms with Gasteiger partial charge in [0, 0.05) is 71.5 Å². The van der Waals surface area contributed by atoms with Crippen LogP contribution in [0.4, 0.5) is 17.3 Å². The van der Waals surface area contributed by atoms with Crippen LogP contribution in [0.1, 0.15) is 0 Å². The van der Waals surface area contributed by atoms with Crippen LogP contribution in [-0.4, -0.2) is 112 Å². The summed E-state index contributed by atoms with van der Waals surface area (Å²) in [6.07, 6.45) is 1.77. The molecule has 2 saturated heterocycles. The lowest BCUT2D eigenvalue weighted by atomic mass is 10.2. The molecular weight excluding hydrogens is 400 g/mol. The molecule has 0 radical (unpaired) electrons. The quantitative estimate of drug-likeness (QED) is 0.543. The predicted molar refractivity (Wildman–Crippen MR) is 126 cm³/mol. The average molecular weight is 431 g/mol. The number of hydrogen-bond acceptors (Lipinski definition) is 7. The number of rotatable bonds is 4. The molecule has 2 aliphatic rings. The van der Waals surface area contributed by atoms with E-state index in [4.69, 9.17) is 21.6 Å². The highest BCUT2D eigenvalue weighted by Crippen LogP contribution is 2.35. The van der Waals surface area contributed by atoms with Crippen molar-refractivity contribution >= 4 is 46.3 Å². The molecule has 0 aliphatic carbocycles. The Morgan fingerprint density at radius 2 is 1.40 bits per heavy atom. The van der Waals surface area contributed by atoms with Crippen LogP contribution in [0.5, 0.6) is 0 Å². The van der Waals surface area contributed by atoms with Gasteiger partial charge in [0.25, 0.3) is 0 Å². The Hall–Kier alpha value is -2.16. The molecule has 2 fully saturated rings. The average Bonchev–Trinajstić information content (AvgIpc) is 2.72. The van der Waals surface area contributed by atoms with Gasteiger partial charge in [0.2, 0.25) is 0 Å². The zero-order valence-corrected chi connectivity index (χ0v) is 19.1. The molecule has 2 aromatic rings. The molecule has 3 heterocycles. The number of halogens is 1. The molecule has 0 saturated carbocycles. The molecule has 9 heteroatoms. The number of benzene rings is 1. The highest BCUT2D eigenvalue weighted by Gasteiger charge is 2.26. The van der Waals surface area contributed by atoms with Gasteiger partial charge in [-0.2, -0.15) is 0 Å². The lowest BCUT2D eigenvalue weighted by Gasteiger charge is -2.38. The van der Waals surface area contributed by atoms with Crippen LogP contribution in [-0.2, 0) is 0 Å². The lowest BCUT2D eigenvalue weighted by Crippen LogP contribution is -2.48. The van der Waals surface area contributed by atoms with Gasteiger partial charge in [0.1, 0.15) is 5.52 Å². The first-order valence-corrected chi connectivity index (χ1v) is 10.9. The van der Waals surface area contributed by atoms with E-state index in [0.717, 1.165) is 80.7 Å². The standard InChI is InChI=1S/C21H31ClN8/c1-26(2)15-23-17-13-16(22)14-18-19(17)25-21(30-11-7-28(4)8-12-30)20(24-18)29-9-5-27(3)6-10-29/h13-15H,5-12H2,1-4H3. The third-order valence-electron chi connectivity index (χ3n) is 5.71. The van der Waals surface area contributed by atoms with Gasteiger partial charge in [-0.05, 0) is 26.2 Å². The van der Waals surface area contributed by atoms with Crippen molar-refractivity contribution in [3.05, 3.63) is 17.2 Å². The molecule has 0 atom stereocenters. The van der Waals surface area contributed by atoms with Crippen molar-refractivity contribution in [3.63, 3.8) is 0 Å². The summed E-state index contributed by atoms with van der Waals surface area (Å²) in [5.74, 6) is 1.92. The number of likely N-dealkylation sites (N-methyl/N-ethyl adjacent to an activating group) is 2. The van der Waals surface area contributed by atoms with Crippen molar-refractivity contribution in [2.75, 3.05) is 90.3 Å². The molecule has 8 nitrogen and oxygen atoms in total. The smallest absolute Gasteiger partial charge is 0.172 e. The number of aromatic nitrogens is 2. The van der Waals surface area contributed by atoms with E-state index in [9.17, 15) is 0 Å². The fraction of sp³-hybridized carbons (Fsp3) is 0.571. The zero-order valence-electron chi connectivity index (χ0n) is 18.3. The first-order chi connectivity index (χ1) is 14.4. The third kappa shape index (κ3) is 4.61. The van der Waals surface area contributed by atoms with Crippen LogP contribution in [0.3, 0.4) is 0 Å². The Morgan fingerprint density at radius 3 is 1.93 bits per heavy atom. The van der Waals surface area contributed by atoms with E-state index in [2.05, 4.69) is 38.7 Å². The minimum atomic E-state index is 0.624. The summed E-state index contributed by atoms with van der Waals surface area (Å²) in [6, 6.07) is 3.76. The largest absolute Gasteiger partial charge is 0.369 e. The fourth-order valence-electron chi connectivity index (χ4n) is 3.83. The van der Waals surface area contributed by atoms with E-state index < -0.39 is 0 Å². The summed E-state index contributed by atoms with van der Waals surface area (Å²) < 4.78 is 0. The summed E-state index contributed by atoms with van der Waals surface area (Å²) >= 11 is 6.41. The lowest BCUT2D eigenvalue weighted by molar-refractivity contribution is 0.308. The van der Waals surface area contributed by atoms with Crippen LogP contribution in [0, 0.1) is 0 Å². The number of piperazine rings is 2. The second-order valence-electron chi connectivity index (χ2n) is 8.45. The normalized spacial score (nSPS) is 19.2. The minimum Gasteiger partial charge on any atom is -0.369 e. The molecule has 4 rings (SSSR count). The maximum Gasteiger partial charge on any atom is 0.172 e. The molecule has 162 valence electrons. The number of fused-ring (bicyclic) bond motifs is 1. The van der Waals surface area contributed by atoms with Gasteiger partial charge in [0.15, 0.2) is 11.6 Å². The summed E-state index contributed by atoms with van der Waals surface area (Å²) in [6.45, 7) is 7.88. The predicted octanol–water partition coefficient (Wildman–Crippen LogP) is 2.01. The summed E-state index contributed by atoms with van der Waals surface area (Å²) in [4.78, 5) is 26.2. The van der Waals surface area contributed by atoms with Crippen molar-refractivity contribution in [1.29, 1.82) is 0 Å². The van der Waals surface area contributed by atoms with Crippen molar-refractivity contribution in [2.24, 2.45) is 4.99 Å². The molecule has 0 amide bonds. The molecule has 30 heavy (non-hydrogen) atoms. The molecule has 2 aliphatic heterocycles. The molecular formula is C21H31ClN8. The molecule has 1 aromatic heterocycles. The van der Waals surface area contributed by atoms with E-state index >= 15 is 0 Å². The van der Waals surface area contributed by atoms with E-state index in [1.54, 1.807) is 6.34 Å². The Morgan fingerprint density at radius 1 is 0.867 bits per heavy atom. The SMILES string of the molecule is CN(C)C=Nc1cc(Cl)cc2nc(N3CCN(C)CC3)c(N3CCN(C)CC3)nc12. The Kier molecular flexibility index (Phi) is 6.26. The zero-order chi connectivity index (χ0) is 21.3. The Bertz CT molecular complexity index is 915. The van der Waals surface area contributed by atoms with E-state index in [1.165, 1.54) is 0 Å². The number of aliphatic imine (C=N–C) groups is 1. The van der Waals surface area contributed by atoms with Crippen LogP contribution in [0.25, 0.3) is 11.0 Å². The van der Waals surface area contributed by atoms with E-state index in [1.807, 2.05) is 31.1 Å².